The van der Waals surface area contributed by atoms with Gasteiger partial charge in [0.2, 0.25) is 0 Å². The van der Waals surface area contributed by atoms with E-state index in [0.717, 1.165) is 5.57 Å². The quantitative estimate of drug-likeness (QED) is 0.453. The minimum atomic E-state index is -1.24. The number of hydrogen-bond acceptors (Lipinski definition) is 4. The Balaban J connectivity index is 3.04. The molecule has 0 aromatic rings. The smallest absolute Gasteiger partial charge is 0.323 e. The third-order valence-corrected chi connectivity index (χ3v) is 3.60. The Labute approximate surface area is 120 Å². The maximum absolute atomic E-state index is 12.0. The highest BCUT2D eigenvalue weighted by molar-refractivity contribution is 6.01. The van der Waals surface area contributed by atoms with Gasteiger partial charge in [-0.3, -0.25) is 9.59 Å². The number of rotatable bonds is 3. The fourth-order valence-corrected chi connectivity index (χ4v) is 2.50. The van der Waals surface area contributed by atoms with Crippen LogP contribution in [0.1, 0.15) is 33.6 Å². The number of carbonyl (C=O) groups is 2. The first-order valence-corrected chi connectivity index (χ1v) is 6.70. The van der Waals surface area contributed by atoms with Crippen molar-refractivity contribution in [1.82, 2.24) is 0 Å². The van der Waals surface area contributed by atoms with Gasteiger partial charge in [0.25, 0.3) is 0 Å². The lowest BCUT2D eigenvalue weighted by Gasteiger charge is -2.22. The van der Waals surface area contributed by atoms with Gasteiger partial charge in [-0.15, -0.1) is 0 Å². The second-order valence-electron chi connectivity index (χ2n) is 6.44. The van der Waals surface area contributed by atoms with Crippen LogP contribution in [0.2, 0.25) is 0 Å². The van der Waals surface area contributed by atoms with Crippen LogP contribution in [-0.2, 0) is 19.1 Å². The lowest BCUT2D eigenvalue weighted by Crippen LogP contribution is -2.39. The first kappa shape index (κ1) is 16.5. The Morgan fingerprint density at radius 2 is 1.75 bits per heavy atom. The molecule has 4 heteroatoms. The molecule has 1 saturated carbocycles. The maximum Gasteiger partial charge on any atom is 0.323 e. The van der Waals surface area contributed by atoms with Crippen molar-refractivity contribution in [3.63, 3.8) is 0 Å². The van der Waals surface area contributed by atoms with Crippen molar-refractivity contribution < 1.29 is 19.1 Å². The van der Waals surface area contributed by atoms with Crippen LogP contribution in [0.4, 0.5) is 0 Å². The van der Waals surface area contributed by atoms with Crippen LogP contribution in [-0.4, -0.2) is 26.2 Å². The van der Waals surface area contributed by atoms with E-state index in [-0.39, 0.29) is 17.8 Å². The van der Waals surface area contributed by atoms with Gasteiger partial charge in [-0.25, -0.2) is 0 Å². The van der Waals surface area contributed by atoms with Crippen LogP contribution < -0.4 is 0 Å². The molecule has 1 unspecified atom stereocenters. The van der Waals surface area contributed by atoms with E-state index in [1.54, 1.807) is 0 Å². The second-order valence-corrected chi connectivity index (χ2v) is 6.44. The highest BCUT2D eigenvalue weighted by Gasteiger charge is 2.54. The average Bonchev–Trinajstić information content (AvgIpc) is 2.72. The summed E-state index contributed by atoms with van der Waals surface area (Å²) < 4.78 is 9.60. The zero-order chi connectivity index (χ0) is 15.6. The van der Waals surface area contributed by atoms with Gasteiger partial charge in [0, 0.05) is 0 Å². The van der Waals surface area contributed by atoms with E-state index >= 15 is 0 Å². The largest absolute Gasteiger partial charge is 0.468 e. The molecule has 0 radical (unpaired) electrons. The standard InChI is InChI=1S/C16H24O4/c1-11-9-16(13(17)19-5,14(18)20-6)10-12(11)7-8-15(2,3)4/h7-8,12H,1,9-10H2,2-6H3/b8-7+. The first-order valence-electron chi connectivity index (χ1n) is 6.70. The second kappa shape index (κ2) is 5.81. The molecule has 112 valence electrons. The molecule has 20 heavy (non-hydrogen) atoms. The number of ether oxygens (including phenoxy) is 2. The summed E-state index contributed by atoms with van der Waals surface area (Å²) in [5.41, 5.74) is -0.337. The van der Waals surface area contributed by atoms with E-state index in [9.17, 15) is 9.59 Å². The number of hydrogen-bond donors (Lipinski definition) is 0. The molecule has 0 aliphatic heterocycles. The van der Waals surface area contributed by atoms with E-state index in [4.69, 9.17) is 9.47 Å². The highest BCUT2D eigenvalue weighted by atomic mass is 16.5. The van der Waals surface area contributed by atoms with Gasteiger partial charge in [-0.2, -0.15) is 0 Å². The molecule has 0 bridgehead atoms. The van der Waals surface area contributed by atoms with E-state index < -0.39 is 17.4 Å². The summed E-state index contributed by atoms with van der Waals surface area (Å²) in [5, 5.41) is 0. The molecule has 4 nitrogen and oxygen atoms in total. The van der Waals surface area contributed by atoms with Crippen molar-refractivity contribution in [2.45, 2.75) is 33.6 Å². The lowest BCUT2D eigenvalue weighted by molar-refractivity contribution is -0.168. The molecule has 0 N–H and O–H groups in total. The number of carbonyl (C=O) groups excluding carboxylic acids is 2. The van der Waals surface area contributed by atoms with E-state index in [0.29, 0.717) is 6.42 Å². The molecule has 1 atom stereocenters. The van der Waals surface area contributed by atoms with Gasteiger partial charge in [-0.05, 0) is 24.2 Å². The Hall–Kier alpha value is -1.58. The summed E-state index contributed by atoms with van der Waals surface area (Å²) in [7, 11) is 2.57. The summed E-state index contributed by atoms with van der Waals surface area (Å²) in [6, 6.07) is 0. The van der Waals surface area contributed by atoms with Crippen LogP contribution in [0.25, 0.3) is 0 Å². The van der Waals surface area contributed by atoms with Crippen LogP contribution in [0.15, 0.2) is 24.3 Å². The number of methoxy groups -OCH3 is 2. The fraction of sp³-hybridized carbons (Fsp3) is 0.625. The van der Waals surface area contributed by atoms with Gasteiger partial charge in [0.15, 0.2) is 5.41 Å². The van der Waals surface area contributed by atoms with Crippen LogP contribution in [0.5, 0.6) is 0 Å². The molecule has 0 spiro atoms. The van der Waals surface area contributed by atoms with Gasteiger partial charge in [0.1, 0.15) is 0 Å². The molecule has 0 heterocycles. The molecule has 1 rings (SSSR count). The molecule has 0 saturated heterocycles. The molecular formula is C16H24O4. The van der Waals surface area contributed by atoms with Crippen molar-refractivity contribution in [2.75, 3.05) is 14.2 Å². The van der Waals surface area contributed by atoms with Gasteiger partial charge >= 0.3 is 11.9 Å². The predicted octanol–water partition coefficient (Wildman–Crippen LogP) is 2.89. The third-order valence-electron chi connectivity index (χ3n) is 3.60. The Morgan fingerprint density at radius 1 is 1.25 bits per heavy atom. The van der Waals surface area contributed by atoms with Crippen LogP contribution in [0.3, 0.4) is 0 Å². The van der Waals surface area contributed by atoms with Crippen molar-refractivity contribution in [1.29, 1.82) is 0 Å². The predicted molar refractivity (Wildman–Crippen MR) is 76.9 cm³/mol. The molecule has 1 fully saturated rings. The monoisotopic (exact) mass is 280 g/mol. The van der Waals surface area contributed by atoms with Crippen molar-refractivity contribution in [3.8, 4) is 0 Å². The van der Waals surface area contributed by atoms with Gasteiger partial charge < -0.3 is 9.47 Å². The zero-order valence-corrected chi connectivity index (χ0v) is 13.0. The normalized spacial score (nSPS) is 22.1. The van der Waals surface area contributed by atoms with Gasteiger partial charge in [-0.1, -0.05) is 45.1 Å². The molecule has 1 aliphatic rings. The minimum absolute atomic E-state index is 0.00701. The van der Waals surface area contributed by atoms with E-state index in [2.05, 4.69) is 33.4 Å². The van der Waals surface area contributed by atoms with E-state index in [1.807, 2.05) is 6.08 Å². The number of esters is 2. The third kappa shape index (κ3) is 3.30. The summed E-state index contributed by atoms with van der Waals surface area (Å²) in [5.74, 6) is -1.10. The zero-order valence-electron chi connectivity index (χ0n) is 13.0. The summed E-state index contributed by atoms with van der Waals surface area (Å²) >= 11 is 0. The average molecular weight is 280 g/mol. The van der Waals surface area contributed by atoms with Crippen molar-refractivity contribution in [3.05, 3.63) is 24.3 Å². The highest BCUT2D eigenvalue weighted by Crippen LogP contribution is 2.47. The summed E-state index contributed by atoms with van der Waals surface area (Å²) in [6.07, 6.45) is 4.74. The maximum atomic E-state index is 12.0. The minimum Gasteiger partial charge on any atom is -0.468 e. The molecule has 1 aliphatic carbocycles. The van der Waals surface area contributed by atoms with Gasteiger partial charge in [0.05, 0.1) is 14.2 Å². The molecule has 0 aromatic heterocycles. The SMILES string of the molecule is C=C1CC(C(=O)OC)(C(=O)OC)CC1/C=C/C(C)(C)C. The summed E-state index contributed by atoms with van der Waals surface area (Å²) in [4.78, 5) is 24.1. The number of allylic oxidation sites excluding steroid dienone is 3. The summed E-state index contributed by atoms with van der Waals surface area (Å²) in [6.45, 7) is 10.3. The lowest BCUT2D eigenvalue weighted by atomic mass is 9.84. The van der Waals surface area contributed by atoms with Crippen LogP contribution in [0, 0.1) is 16.7 Å². The first-order chi connectivity index (χ1) is 9.16. The van der Waals surface area contributed by atoms with E-state index in [1.165, 1.54) is 14.2 Å². The van der Waals surface area contributed by atoms with Crippen molar-refractivity contribution >= 4 is 11.9 Å². The molecular weight excluding hydrogens is 256 g/mol. The Morgan fingerprint density at radius 3 is 2.15 bits per heavy atom. The molecule has 0 amide bonds. The Kier molecular flexibility index (Phi) is 4.79. The van der Waals surface area contributed by atoms with Crippen LogP contribution >= 0.6 is 0 Å². The Bertz CT molecular complexity index is 424. The fourth-order valence-electron chi connectivity index (χ4n) is 2.50. The molecule has 0 aromatic carbocycles. The van der Waals surface area contributed by atoms with Crippen molar-refractivity contribution in [2.24, 2.45) is 16.7 Å². The topological polar surface area (TPSA) is 52.6 Å².